The highest BCUT2D eigenvalue weighted by atomic mass is 35.5. The molecule has 0 unspecified atom stereocenters. The molecule has 5 heteroatoms. The fourth-order valence-electron chi connectivity index (χ4n) is 3.33. The number of para-hydroxylation sites is 1. The first-order chi connectivity index (χ1) is 13.1. The van der Waals surface area contributed by atoms with Crippen LogP contribution in [-0.2, 0) is 0 Å². The molecular weight excluding hydrogens is 360 g/mol. The lowest BCUT2D eigenvalue weighted by Crippen LogP contribution is -2.30. The van der Waals surface area contributed by atoms with Gasteiger partial charge in [-0.1, -0.05) is 23.7 Å². The Morgan fingerprint density at radius 3 is 2.48 bits per heavy atom. The molecule has 4 nitrogen and oxygen atoms in total. The van der Waals surface area contributed by atoms with Gasteiger partial charge in [0.1, 0.15) is 5.75 Å². The van der Waals surface area contributed by atoms with Crippen LogP contribution in [0.2, 0.25) is 5.02 Å². The fraction of sp³-hybridized carbons (Fsp3) is 0.409. The van der Waals surface area contributed by atoms with Crippen LogP contribution in [-0.4, -0.2) is 44.1 Å². The van der Waals surface area contributed by atoms with Gasteiger partial charge in [0.05, 0.1) is 11.6 Å². The molecule has 0 atom stereocenters. The number of carbonyl (C=O) groups is 1. The van der Waals surface area contributed by atoms with Crippen molar-refractivity contribution in [2.75, 3.05) is 38.2 Å². The first kappa shape index (κ1) is 19.6. The molecule has 0 N–H and O–H groups in total. The summed E-state index contributed by atoms with van der Waals surface area (Å²) in [5.41, 5.74) is 1.94. The molecule has 1 saturated heterocycles. The summed E-state index contributed by atoms with van der Waals surface area (Å²) in [6.07, 6.45) is 4.57. The summed E-state index contributed by atoms with van der Waals surface area (Å²) in [7, 11) is 1.83. The van der Waals surface area contributed by atoms with Gasteiger partial charge in [-0.3, -0.25) is 4.79 Å². The zero-order valence-electron chi connectivity index (χ0n) is 15.9. The van der Waals surface area contributed by atoms with Crippen molar-refractivity contribution in [1.82, 2.24) is 4.90 Å². The Balaban J connectivity index is 1.46. The number of hydrogen-bond acceptors (Lipinski definition) is 3. The zero-order valence-corrected chi connectivity index (χ0v) is 16.6. The number of hydrogen-bond donors (Lipinski definition) is 0. The largest absolute Gasteiger partial charge is 0.492 e. The summed E-state index contributed by atoms with van der Waals surface area (Å²) in [4.78, 5) is 16.7. The molecule has 1 aliphatic heterocycles. The minimum atomic E-state index is 0.0398. The highest BCUT2D eigenvalue weighted by molar-refractivity contribution is 6.32. The smallest absolute Gasteiger partial charge is 0.253 e. The zero-order chi connectivity index (χ0) is 19.1. The Labute approximate surface area is 166 Å². The van der Waals surface area contributed by atoms with Crippen molar-refractivity contribution in [3.63, 3.8) is 0 Å². The van der Waals surface area contributed by atoms with Crippen LogP contribution in [0.5, 0.6) is 5.75 Å². The summed E-state index contributed by atoms with van der Waals surface area (Å²) in [6.45, 7) is 3.38. The molecule has 2 aromatic carbocycles. The molecule has 1 aliphatic rings. The summed E-state index contributed by atoms with van der Waals surface area (Å²) in [6, 6.07) is 15.4. The highest BCUT2D eigenvalue weighted by Crippen LogP contribution is 2.23. The number of carbonyl (C=O) groups excluding carboxylic acids is 1. The van der Waals surface area contributed by atoms with Crippen LogP contribution in [0.25, 0.3) is 0 Å². The maximum absolute atomic E-state index is 12.6. The number of benzene rings is 2. The van der Waals surface area contributed by atoms with Crippen molar-refractivity contribution in [3.8, 4) is 5.75 Å². The Hall–Kier alpha value is -2.20. The molecule has 3 rings (SSSR count). The molecule has 0 aromatic heterocycles. The van der Waals surface area contributed by atoms with E-state index in [2.05, 4.69) is 17.0 Å². The molecule has 0 aliphatic carbocycles. The number of ether oxygens (including phenoxy) is 1. The normalized spacial score (nSPS) is 14.1. The van der Waals surface area contributed by atoms with Crippen LogP contribution >= 0.6 is 11.6 Å². The third-order valence-corrected chi connectivity index (χ3v) is 5.23. The second kappa shape index (κ2) is 9.65. The van der Waals surface area contributed by atoms with E-state index in [1.165, 1.54) is 24.9 Å². The second-order valence-electron chi connectivity index (χ2n) is 6.95. The van der Waals surface area contributed by atoms with Crippen LogP contribution in [0.1, 0.15) is 36.0 Å². The molecule has 1 heterocycles. The Bertz CT molecular complexity index is 742. The lowest BCUT2D eigenvalue weighted by atomic mass is 10.1. The highest BCUT2D eigenvalue weighted by Gasteiger charge is 2.14. The number of amides is 1. The standard InChI is InChI=1S/C22H27ClN2O2/c1-24(14-7-17-27-21-9-4-3-8-20(21)23)22(26)18-10-12-19(13-11-18)25-15-5-2-6-16-25/h3-4,8-13H,2,5-7,14-17H2,1H3. The Kier molecular flexibility index (Phi) is 6.99. The van der Waals surface area contributed by atoms with Crippen molar-refractivity contribution in [2.24, 2.45) is 0 Å². The van der Waals surface area contributed by atoms with Crippen molar-refractivity contribution in [1.29, 1.82) is 0 Å². The van der Waals surface area contributed by atoms with E-state index in [1.807, 2.05) is 37.4 Å². The molecule has 0 spiro atoms. The Morgan fingerprint density at radius 2 is 1.78 bits per heavy atom. The van der Waals surface area contributed by atoms with Crippen molar-refractivity contribution in [3.05, 3.63) is 59.1 Å². The number of rotatable bonds is 7. The number of anilines is 1. The first-order valence-corrected chi connectivity index (χ1v) is 10.0. The maximum Gasteiger partial charge on any atom is 0.253 e. The van der Waals surface area contributed by atoms with E-state index in [1.54, 1.807) is 11.0 Å². The van der Waals surface area contributed by atoms with Gasteiger partial charge in [-0.2, -0.15) is 0 Å². The van der Waals surface area contributed by atoms with Gasteiger partial charge < -0.3 is 14.5 Å². The summed E-state index contributed by atoms with van der Waals surface area (Å²) < 4.78 is 5.68. The molecule has 2 aromatic rings. The summed E-state index contributed by atoms with van der Waals surface area (Å²) >= 11 is 6.07. The summed E-state index contributed by atoms with van der Waals surface area (Å²) in [5.74, 6) is 0.722. The lowest BCUT2D eigenvalue weighted by Gasteiger charge is -2.29. The van der Waals surface area contributed by atoms with Gasteiger partial charge in [0.15, 0.2) is 0 Å². The van der Waals surface area contributed by atoms with Crippen molar-refractivity contribution >= 4 is 23.2 Å². The quantitative estimate of drug-likeness (QED) is 0.636. The predicted octanol–water partition coefficient (Wildman–Crippen LogP) is 4.87. The van der Waals surface area contributed by atoms with E-state index in [0.717, 1.165) is 25.1 Å². The van der Waals surface area contributed by atoms with E-state index in [9.17, 15) is 4.79 Å². The number of piperidine rings is 1. The van der Waals surface area contributed by atoms with Gasteiger partial charge in [0.25, 0.3) is 5.91 Å². The molecular formula is C22H27ClN2O2. The Morgan fingerprint density at radius 1 is 1.07 bits per heavy atom. The van der Waals surface area contributed by atoms with E-state index in [-0.39, 0.29) is 5.91 Å². The molecule has 0 bridgehead atoms. The molecule has 27 heavy (non-hydrogen) atoms. The third kappa shape index (κ3) is 5.39. The minimum absolute atomic E-state index is 0.0398. The molecule has 1 amide bonds. The first-order valence-electron chi connectivity index (χ1n) is 9.63. The van der Waals surface area contributed by atoms with E-state index < -0.39 is 0 Å². The fourth-order valence-corrected chi connectivity index (χ4v) is 3.52. The van der Waals surface area contributed by atoms with Gasteiger partial charge in [0, 0.05) is 37.9 Å². The number of halogens is 1. The lowest BCUT2D eigenvalue weighted by molar-refractivity contribution is 0.0788. The van der Waals surface area contributed by atoms with Crippen LogP contribution < -0.4 is 9.64 Å². The molecule has 0 radical (unpaired) electrons. The maximum atomic E-state index is 12.6. The van der Waals surface area contributed by atoms with E-state index >= 15 is 0 Å². The molecule has 144 valence electrons. The van der Waals surface area contributed by atoms with Gasteiger partial charge >= 0.3 is 0 Å². The summed E-state index contributed by atoms with van der Waals surface area (Å²) in [5, 5.41) is 0.607. The van der Waals surface area contributed by atoms with Crippen LogP contribution in [0, 0.1) is 0 Å². The average molecular weight is 387 g/mol. The topological polar surface area (TPSA) is 32.8 Å². The third-order valence-electron chi connectivity index (χ3n) is 4.91. The van der Waals surface area contributed by atoms with Crippen molar-refractivity contribution in [2.45, 2.75) is 25.7 Å². The van der Waals surface area contributed by atoms with Gasteiger partial charge in [-0.05, 0) is 62.1 Å². The molecule has 1 fully saturated rings. The van der Waals surface area contributed by atoms with Crippen LogP contribution in [0.4, 0.5) is 5.69 Å². The second-order valence-corrected chi connectivity index (χ2v) is 7.36. The predicted molar refractivity (Wildman–Crippen MR) is 111 cm³/mol. The van der Waals surface area contributed by atoms with Gasteiger partial charge in [-0.15, -0.1) is 0 Å². The SMILES string of the molecule is CN(CCCOc1ccccc1Cl)C(=O)c1ccc(N2CCCCC2)cc1. The van der Waals surface area contributed by atoms with Crippen molar-refractivity contribution < 1.29 is 9.53 Å². The average Bonchev–Trinajstić information content (AvgIpc) is 2.72. The van der Waals surface area contributed by atoms with Crippen LogP contribution in [0.15, 0.2) is 48.5 Å². The van der Waals surface area contributed by atoms with E-state index in [0.29, 0.717) is 23.9 Å². The van der Waals surface area contributed by atoms with Gasteiger partial charge in [0.2, 0.25) is 0 Å². The number of nitrogens with zero attached hydrogens (tertiary/aromatic N) is 2. The monoisotopic (exact) mass is 386 g/mol. The van der Waals surface area contributed by atoms with Gasteiger partial charge in [-0.25, -0.2) is 0 Å². The van der Waals surface area contributed by atoms with Crippen LogP contribution in [0.3, 0.4) is 0 Å². The molecule has 0 saturated carbocycles. The van der Waals surface area contributed by atoms with E-state index in [4.69, 9.17) is 16.3 Å². The minimum Gasteiger partial charge on any atom is -0.492 e.